The van der Waals surface area contributed by atoms with Crippen molar-refractivity contribution in [2.24, 2.45) is 17.3 Å². The lowest BCUT2D eigenvalue weighted by atomic mass is 9.65. The molecule has 2 aliphatic rings. The van der Waals surface area contributed by atoms with Crippen LogP contribution in [-0.4, -0.2) is 52.8 Å². The summed E-state index contributed by atoms with van der Waals surface area (Å²) in [4.78, 5) is 40.8. The standard InChI is InChI=1S/C21H34N4O3/c1-6-20(4,5)16-8-10-21(11-9-16)18(27)25(19(28)23-21)14-17(26)24(7-2)13-15(3)12-22/h15-16H,6-11,13-14H2,1-5H3,(H,23,28). The minimum Gasteiger partial charge on any atom is -0.340 e. The average Bonchev–Trinajstić information content (AvgIpc) is 2.90. The van der Waals surface area contributed by atoms with E-state index in [0.29, 0.717) is 31.8 Å². The predicted octanol–water partition coefficient (Wildman–Crippen LogP) is 2.91. The van der Waals surface area contributed by atoms with Crippen LogP contribution in [-0.2, 0) is 9.59 Å². The maximum atomic E-state index is 13.1. The Labute approximate surface area is 168 Å². The van der Waals surface area contributed by atoms with Gasteiger partial charge < -0.3 is 10.2 Å². The Morgan fingerprint density at radius 2 is 1.96 bits per heavy atom. The lowest BCUT2D eigenvalue weighted by Gasteiger charge is -2.42. The molecular weight excluding hydrogens is 356 g/mol. The second-order valence-electron chi connectivity index (χ2n) is 8.98. The number of amides is 4. The van der Waals surface area contributed by atoms with Gasteiger partial charge in [0.15, 0.2) is 0 Å². The van der Waals surface area contributed by atoms with Crippen LogP contribution in [0.1, 0.15) is 66.7 Å². The second kappa shape index (κ2) is 8.50. The number of hydrogen-bond acceptors (Lipinski definition) is 4. The van der Waals surface area contributed by atoms with Crippen molar-refractivity contribution in [3.05, 3.63) is 0 Å². The summed E-state index contributed by atoms with van der Waals surface area (Å²) < 4.78 is 0. The summed E-state index contributed by atoms with van der Waals surface area (Å²) >= 11 is 0. The predicted molar refractivity (Wildman–Crippen MR) is 106 cm³/mol. The van der Waals surface area contributed by atoms with Crippen LogP contribution in [0.4, 0.5) is 4.79 Å². The molecule has 1 saturated carbocycles. The summed E-state index contributed by atoms with van der Waals surface area (Å²) in [6.45, 7) is 10.8. The Morgan fingerprint density at radius 3 is 2.46 bits per heavy atom. The summed E-state index contributed by atoms with van der Waals surface area (Å²) in [5, 5.41) is 11.9. The number of hydrogen-bond donors (Lipinski definition) is 1. The first-order valence-corrected chi connectivity index (χ1v) is 10.4. The van der Waals surface area contributed by atoms with Crippen molar-refractivity contribution in [2.45, 2.75) is 72.3 Å². The van der Waals surface area contributed by atoms with Gasteiger partial charge in [-0.05, 0) is 50.9 Å². The van der Waals surface area contributed by atoms with E-state index in [4.69, 9.17) is 5.26 Å². The summed E-state index contributed by atoms with van der Waals surface area (Å²) in [5.74, 6) is -0.337. The molecule has 28 heavy (non-hydrogen) atoms. The molecule has 0 aromatic carbocycles. The van der Waals surface area contributed by atoms with Crippen LogP contribution in [0.3, 0.4) is 0 Å². The highest BCUT2D eigenvalue weighted by Crippen LogP contribution is 2.45. The Bertz CT molecular complexity index is 659. The van der Waals surface area contributed by atoms with E-state index in [9.17, 15) is 14.4 Å². The van der Waals surface area contributed by atoms with E-state index >= 15 is 0 Å². The van der Waals surface area contributed by atoms with E-state index in [-0.39, 0.29) is 29.7 Å². The molecule has 1 unspecified atom stereocenters. The molecule has 0 aromatic heterocycles. The van der Waals surface area contributed by atoms with Gasteiger partial charge in [-0.3, -0.25) is 14.5 Å². The summed E-state index contributed by atoms with van der Waals surface area (Å²) in [5.41, 5.74) is -0.628. The number of nitrogens with zero attached hydrogens (tertiary/aromatic N) is 3. The highest BCUT2D eigenvalue weighted by atomic mass is 16.2. The minimum atomic E-state index is -0.853. The van der Waals surface area contributed by atoms with Gasteiger partial charge in [0.1, 0.15) is 12.1 Å². The number of carbonyl (C=O) groups excluding carboxylic acids is 3. The molecule has 1 N–H and O–H groups in total. The Morgan fingerprint density at radius 1 is 1.36 bits per heavy atom. The maximum Gasteiger partial charge on any atom is 0.325 e. The summed E-state index contributed by atoms with van der Waals surface area (Å²) in [6.07, 6.45) is 4.13. The van der Waals surface area contributed by atoms with E-state index in [2.05, 4.69) is 32.2 Å². The third-order valence-electron chi connectivity index (χ3n) is 6.84. The Kier molecular flexibility index (Phi) is 6.74. The van der Waals surface area contributed by atoms with Crippen LogP contribution in [0, 0.1) is 28.6 Å². The van der Waals surface area contributed by atoms with Crippen molar-refractivity contribution >= 4 is 17.8 Å². The molecular formula is C21H34N4O3. The van der Waals surface area contributed by atoms with Crippen LogP contribution in [0.2, 0.25) is 0 Å². The smallest absolute Gasteiger partial charge is 0.325 e. The molecule has 156 valence electrons. The van der Waals surface area contributed by atoms with Crippen LogP contribution >= 0.6 is 0 Å². The normalized spacial score (nSPS) is 26.1. The van der Waals surface area contributed by atoms with Crippen LogP contribution in [0.5, 0.6) is 0 Å². The first kappa shape index (κ1) is 22.2. The Balaban J connectivity index is 2.04. The van der Waals surface area contributed by atoms with Gasteiger partial charge in [0.25, 0.3) is 5.91 Å². The zero-order chi connectivity index (χ0) is 21.1. The second-order valence-corrected chi connectivity index (χ2v) is 8.98. The zero-order valence-electron chi connectivity index (χ0n) is 17.9. The van der Waals surface area contributed by atoms with Gasteiger partial charge in [-0.15, -0.1) is 0 Å². The van der Waals surface area contributed by atoms with E-state index in [1.54, 1.807) is 6.92 Å². The number of imide groups is 1. The molecule has 0 radical (unpaired) electrons. The largest absolute Gasteiger partial charge is 0.340 e. The molecule has 7 nitrogen and oxygen atoms in total. The van der Waals surface area contributed by atoms with Gasteiger partial charge in [-0.1, -0.05) is 27.2 Å². The Hall–Kier alpha value is -2.10. The van der Waals surface area contributed by atoms with Crippen molar-refractivity contribution in [3.8, 4) is 6.07 Å². The summed E-state index contributed by atoms with van der Waals surface area (Å²) in [6, 6.07) is 1.63. The van der Waals surface area contributed by atoms with Gasteiger partial charge in [-0.2, -0.15) is 5.26 Å². The third kappa shape index (κ3) is 4.31. The number of carbonyl (C=O) groups is 3. The van der Waals surface area contributed by atoms with Crippen molar-refractivity contribution in [2.75, 3.05) is 19.6 Å². The SMILES string of the molecule is CCN(CC(C)C#N)C(=O)CN1C(=O)NC2(CCC(C(C)(C)CC)CC2)C1=O. The highest BCUT2D eigenvalue weighted by molar-refractivity contribution is 6.09. The molecule has 0 aromatic rings. The highest BCUT2D eigenvalue weighted by Gasteiger charge is 2.53. The summed E-state index contributed by atoms with van der Waals surface area (Å²) in [7, 11) is 0. The molecule has 7 heteroatoms. The molecule has 2 rings (SSSR count). The van der Waals surface area contributed by atoms with E-state index in [1.807, 2.05) is 6.92 Å². The van der Waals surface area contributed by atoms with Crippen molar-refractivity contribution in [1.82, 2.24) is 15.1 Å². The quantitative estimate of drug-likeness (QED) is 0.676. The first-order chi connectivity index (χ1) is 13.1. The van der Waals surface area contributed by atoms with Gasteiger partial charge in [0, 0.05) is 13.1 Å². The van der Waals surface area contributed by atoms with E-state index in [0.717, 1.165) is 24.2 Å². The fraction of sp³-hybridized carbons (Fsp3) is 0.810. The molecule has 1 spiro atoms. The number of nitrogens with one attached hydrogen (secondary N) is 1. The van der Waals surface area contributed by atoms with E-state index < -0.39 is 11.6 Å². The fourth-order valence-electron chi connectivity index (χ4n) is 4.35. The van der Waals surface area contributed by atoms with Crippen LogP contribution in [0.15, 0.2) is 0 Å². The van der Waals surface area contributed by atoms with Crippen LogP contribution in [0.25, 0.3) is 0 Å². The molecule has 2 fully saturated rings. The number of nitriles is 1. The monoisotopic (exact) mass is 390 g/mol. The van der Waals surface area contributed by atoms with Gasteiger partial charge in [-0.25, -0.2) is 4.79 Å². The fourth-order valence-corrected chi connectivity index (χ4v) is 4.35. The average molecular weight is 391 g/mol. The number of rotatable bonds is 7. The topological polar surface area (TPSA) is 93.5 Å². The molecule has 4 amide bonds. The number of urea groups is 1. The van der Waals surface area contributed by atoms with Crippen molar-refractivity contribution in [3.63, 3.8) is 0 Å². The lowest BCUT2D eigenvalue weighted by molar-refractivity contribution is -0.140. The van der Waals surface area contributed by atoms with Gasteiger partial charge in [0.05, 0.1) is 12.0 Å². The molecule has 1 atom stereocenters. The molecule has 1 aliphatic carbocycles. The molecule has 1 saturated heterocycles. The molecule has 1 aliphatic heterocycles. The van der Waals surface area contributed by atoms with Gasteiger partial charge >= 0.3 is 6.03 Å². The number of likely N-dealkylation sites (N-methyl/N-ethyl adjacent to an activating group) is 1. The maximum absolute atomic E-state index is 13.1. The molecule has 0 bridgehead atoms. The zero-order valence-corrected chi connectivity index (χ0v) is 17.9. The van der Waals surface area contributed by atoms with Crippen LogP contribution < -0.4 is 5.32 Å². The van der Waals surface area contributed by atoms with E-state index in [1.165, 1.54) is 4.90 Å². The van der Waals surface area contributed by atoms with Crippen molar-refractivity contribution < 1.29 is 14.4 Å². The third-order valence-corrected chi connectivity index (χ3v) is 6.84. The first-order valence-electron chi connectivity index (χ1n) is 10.4. The van der Waals surface area contributed by atoms with Crippen molar-refractivity contribution in [1.29, 1.82) is 5.26 Å². The lowest BCUT2D eigenvalue weighted by Crippen LogP contribution is -2.51. The van der Waals surface area contributed by atoms with Gasteiger partial charge in [0.2, 0.25) is 5.91 Å². The molecule has 1 heterocycles. The minimum absolute atomic E-state index is 0.224.